The van der Waals surface area contributed by atoms with E-state index in [1.807, 2.05) is 0 Å². The van der Waals surface area contributed by atoms with Crippen LogP contribution in [0.2, 0.25) is 0 Å². The smallest absolute Gasteiger partial charge is 0.407 e. The van der Waals surface area contributed by atoms with Crippen LogP contribution in [-0.4, -0.2) is 12.8 Å². The van der Waals surface area contributed by atoms with Gasteiger partial charge in [0.2, 0.25) is 0 Å². The third-order valence-electron chi connectivity index (χ3n) is 1.78. The summed E-state index contributed by atoms with van der Waals surface area (Å²) in [5.41, 5.74) is 0. The molecular formula is C10H7BrF3NO. The van der Waals surface area contributed by atoms with Crippen molar-refractivity contribution in [2.45, 2.75) is 6.18 Å². The standard InChI is InChI=1S/C10H7BrF3NO/c11-8-1-3-9(4-2-8)16-6-7(5-15)10(12,13)14/h1-4,7H,6H2. The van der Waals surface area contributed by atoms with E-state index in [2.05, 4.69) is 15.9 Å². The van der Waals surface area contributed by atoms with Gasteiger partial charge in [0, 0.05) is 4.47 Å². The van der Waals surface area contributed by atoms with E-state index in [0.717, 1.165) is 10.5 Å². The van der Waals surface area contributed by atoms with Crippen molar-refractivity contribution in [3.05, 3.63) is 28.7 Å². The van der Waals surface area contributed by atoms with Crippen molar-refractivity contribution in [2.75, 3.05) is 6.61 Å². The summed E-state index contributed by atoms with van der Waals surface area (Å²) in [5.74, 6) is -1.80. The summed E-state index contributed by atoms with van der Waals surface area (Å²) in [6.45, 7) is -0.693. The first kappa shape index (κ1) is 12.8. The molecule has 0 fully saturated rings. The summed E-state index contributed by atoms with van der Waals surface area (Å²) in [6, 6.07) is 7.50. The lowest BCUT2D eigenvalue weighted by Gasteiger charge is -2.14. The molecule has 1 unspecified atom stereocenters. The topological polar surface area (TPSA) is 33.0 Å². The van der Waals surface area contributed by atoms with Gasteiger partial charge in [-0.15, -0.1) is 0 Å². The SMILES string of the molecule is N#CC(COc1ccc(Br)cc1)C(F)(F)F. The Morgan fingerprint density at radius 1 is 1.31 bits per heavy atom. The summed E-state index contributed by atoms with van der Waals surface area (Å²) in [6.07, 6.45) is -4.55. The van der Waals surface area contributed by atoms with E-state index in [0.29, 0.717) is 5.75 Å². The zero-order chi connectivity index (χ0) is 12.2. The first-order valence-corrected chi connectivity index (χ1v) is 5.07. The first-order chi connectivity index (χ1) is 7.43. The second-order valence-electron chi connectivity index (χ2n) is 2.99. The van der Waals surface area contributed by atoms with Crippen molar-refractivity contribution in [1.29, 1.82) is 5.26 Å². The highest BCUT2D eigenvalue weighted by atomic mass is 79.9. The van der Waals surface area contributed by atoms with Gasteiger partial charge < -0.3 is 4.74 Å². The van der Waals surface area contributed by atoms with Gasteiger partial charge in [-0.3, -0.25) is 0 Å². The molecule has 0 saturated carbocycles. The Bertz CT molecular complexity index is 383. The molecule has 1 rings (SSSR count). The number of ether oxygens (including phenoxy) is 1. The molecule has 1 aromatic carbocycles. The number of benzene rings is 1. The molecule has 0 spiro atoms. The Morgan fingerprint density at radius 3 is 2.31 bits per heavy atom. The maximum atomic E-state index is 12.2. The molecule has 0 bridgehead atoms. The molecule has 0 aliphatic carbocycles. The predicted octanol–water partition coefficient (Wildman–Crippen LogP) is 3.53. The molecule has 0 aromatic heterocycles. The molecule has 0 heterocycles. The summed E-state index contributed by atoms with van der Waals surface area (Å²) in [4.78, 5) is 0. The number of halogens is 4. The van der Waals surface area contributed by atoms with E-state index in [4.69, 9.17) is 10.00 Å². The predicted molar refractivity (Wildman–Crippen MR) is 54.8 cm³/mol. The summed E-state index contributed by atoms with van der Waals surface area (Å²) in [7, 11) is 0. The quantitative estimate of drug-likeness (QED) is 0.854. The molecule has 0 radical (unpaired) electrons. The number of nitrogens with zero attached hydrogens (tertiary/aromatic N) is 1. The van der Waals surface area contributed by atoms with Crippen LogP contribution in [0.1, 0.15) is 0 Å². The largest absolute Gasteiger partial charge is 0.492 e. The molecule has 0 amide bonds. The molecular weight excluding hydrogens is 287 g/mol. The van der Waals surface area contributed by atoms with Crippen LogP contribution >= 0.6 is 15.9 Å². The van der Waals surface area contributed by atoms with Crippen molar-refractivity contribution in [1.82, 2.24) is 0 Å². The Morgan fingerprint density at radius 2 is 1.88 bits per heavy atom. The fourth-order valence-corrected chi connectivity index (χ4v) is 1.18. The van der Waals surface area contributed by atoms with Gasteiger partial charge in [0.15, 0.2) is 5.92 Å². The van der Waals surface area contributed by atoms with Crippen LogP contribution in [0.25, 0.3) is 0 Å². The number of nitriles is 1. The van der Waals surface area contributed by atoms with Gasteiger partial charge in [0.25, 0.3) is 0 Å². The average Bonchev–Trinajstić information content (AvgIpc) is 2.19. The van der Waals surface area contributed by atoms with Gasteiger partial charge in [-0.05, 0) is 24.3 Å². The molecule has 1 aromatic rings. The Kier molecular flexibility index (Phi) is 4.19. The second-order valence-corrected chi connectivity index (χ2v) is 3.90. The maximum Gasteiger partial charge on any atom is 0.407 e. The van der Waals surface area contributed by atoms with E-state index in [1.165, 1.54) is 12.1 Å². The molecule has 1 atom stereocenters. The second kappa shape index (κ2) is 5.21. The van der Waals surface area contributed by atoms with E-state index >= 15 is 0 Å². The van der Waals surface area contributed by atoms with E-state index in [1.54, 1.807) is 12.1 Å². The van der Waals surface area contributed by atoms with Gasteiger partial charge in [-0.2, -0.15) is 18.4 Å². The minimum absolute atomic E-state index is 0.299. The van der Waals surface area contributed by atoms with Crippen LogP contribution in [0.5, 0.6) is 5.75 Å². The fourth-order valence-electron chi connectivity index (χ4n) is 0.915. The van der Waals surface area contributed by atoms with Crippen molar-refractivity contribution >= 4 is 15.9 Å². The van der Waals surface area contributed by atoms with E-state index in [9.17, 15) is 13.2 Å². The summed E-state index contributed by atoms with van der Waals surface area (Å²) in [5, 5.41) is 8.33. The van der Waals surface area contributed by atoms with Gasteiger partial charge in [0.05, 0.1) is 6.07 Å². The number of alkyl halides is 3. The lowest BCUT2D eigenvalue weighted by molar-refractivity contribution is -0.165. The Hall–Kier alpha value is -1.22. The molecule has 0 aliphatic rings. The van der Waals surface area contributed by atoms with Crippen LogP contribution in [0, 0.1) is 17.2 Å². The third kappa shape index (κ3) is 3.74. The first-order valence-electron chi connectivity index (χ1n) is 4.28. The van der Waals surface area contributed by atoms with E-state index in [-0.39, 0.29) is 0 Å². The minimum atomic E-state index is -4.55. The summed E-state index contributed by atoms with van der Waals surface area (Å²) >= 11 is 3.18. The molecule has 0 saturated heterocycles. The minimum Gasteiger partial charge on any atom is -0.492 e. The highest BCUT2D eigenvalue weighted by molar-refractivity contribution is 9.10. The molecule has 16 heavy (non-hydrogen) atoms. The zero-order valence-corrected chi connectivity index (χ0v) is 9.55. The van der Waals surface area contributed by atoms with Gasteiger partial charge >= 0.3 is 6.18 Å². The number of rotatable bonds is 3. The van der Waals surface area contributed by atoms with Crippen LogP contribution in [0.15, 0.2) is 28.7 Å². The van der Waals surface area contributed by atoms with Gasteiger partial charge in [-0.25, -0.2) is 0 Å². The van der Waals surface area contributed by atoms with Crippen molar-refractivity contribution < 1.29 is 17.9 Å². The lowest BCUT2D eigenvalue weighted by Crippen LogP contribution is -2.27. The lowest BCUT2D eigenvalue weighted by atomic mass is 10.2. The Labute approximate surface area is 98.8 Å². The summed E-state index contributed by atoms with van der Waals surface area (Å²) < 4.78 is 42.2. The molecule has 86 valence electrons. The van der Waals surface area contributed by atoms with Crippen LogP contribution in [-0.2, 0) is 0 Å². The maximum absolute atomic E-state index is 12.2. The molecule has 6 heteroatoms. The normalized spacial score (nSPS) is 12.9. The Balaban J connectivity index is 2.57. The molecule has 0 aliphatic heterocycles. The highest BCUT2D eigenvalue weighted by Gasteiger charge is 2.40. The monoisotopic (exact) mass is 293 g/mol. The van der Waals surface area contributed by atoms with Crippen LogP contribution in [0.3, 0.4) is 0 Å². The van der Waals surface area contributed by atoms with Crippen molar-refractivity contribution in [2.24, 2.45) is 5.92 Å². The zero-order valence-electron chi connectivity index (χ0n) is 7.96. The fraction of sp³-hybridized carbons (Fsp3) is 0.300. The molecule has 0 N–H and O–H groups in total. The van der Waals surface area contributed by atoms with E-state index < -0.39 is 18.7 Å². The van der Waals surface area contributed by atoms with Crippen molar-refractivity contribution in [3.8, 4) is 11.8 Å². The van der Waals surface area contributed by atoms with Crippen LogP contribution < -0.4 is 4.74 Å². The average molecular weight is 294 g/mol. The van der Waals surface area contributed by atoms with Crippen LogP contribution in [0.4, 0.5) is 13.2 Å². The molecule has 2 nitrogen and oxygen atoms in total. The highest BCUT2D eigenvalue weighted by Crippen LogP contribution is 2.26. The van der Waals surface area contributed by atoms with Gasteiger partial charge in [0.1, 0.15) is 12.4 Å². The number of hydrogen-bond donors (Lipinski definition) is 0. The van der Waals surface area contributed by atoms with Crippen molar-refractivity contribution in [3.63, 3.8) is 0 Å². The van der Waals surface area contributed by atoms with Gasteiger partial charge in [-0.1, -0.05) is 15.9 Å². The number of hydrogen-bond acceptors (Lipinski definition) is 2. The third-order valence-corrected chi connectivity index (χ3v) is 2.31.